The predicted octanol–water partition coefficient (Wildman–Crippen LogP) is 2.10. The second-order valence-corrected chi connectivity index (χ2v) is 7.14. The molecule has 1 fully saturated rings. The largest absolute Gasteiger partial charge is 0.317 e. The molecule has 1 aliphatic rings. The molecule has 1 N–H and O–H groups in total. The Labute approximate surface area is 128 Å². The van der Waals surface area contributed by atoms with Gasteiger partial charge in [0.2, 0.25) is 10.0 Å². The van der Waals surface area contributed by atoms with E-state index in [9.17, 15) is 8.42 Å². The van der Waals surface area contributed by atoms with E-state index >= 15 is 0 Å². The molecule has 0 bridgehead atoms. The van der Waals surface area contributed by atoms with Crippen molar-refractivity contribution in [3.8, 4) is 0 Å². The van der Waals surface area contributed by atoms with E-state index in [2.05, 4.69) is 5.32 Å². The lowest BCUT2D eigenvalue weighted by atomic mass is 10.1. The van der Waals surface area contributed by atoms with Crippen LogP contribution in [0.3, 0.4) is 0 Å². The third kappa shape index (κ3) is 3.52. The van der Waals surface area contributed by atoms with Crippen molar-refractivity contribution in [2.24, 2.45) is 0 Å². The summed E-state index contributed by atoms with van der Waals surface area (Å²) < 4.78 is 26.9. The van der Waals surface area contributed by atoms with Crippen LogP contribution in [0.4, 0.5) is 0 Å². The summed E-state index contributed by atoms with van der Waals surface area (Å²) in [6, 6.07) is 6.03. The van der Waals surface area contributed by atoms with Crippen LogP contribution in [0, 0.1) is 13.8 Å². The van der Waals surface area contributed by atoms with Crippen LogP contribution in [0.25, 0.3) is 0 Å². The summed E-state index contributed by atoms with van der Waals surface area (Å²) in [6.45, 7) is 4.97. The Morgan fingerprint density at radius 2 is 1.80 bits per heavy atom. The van der Waals surface area contributed by atoms with Crippen molar-refractivity contribution in [1.82, 2.24) is 9.62 Å². The lowest BCUT2D eigenvalue weighted by Gasteiger charge is -2.31. The number of hydrogen-bond donors (Lipinski definition) is 1. The van der Waals surface area contributed by atoms with Gasteiger partial charge in [-0.15, -0.1) is 12.4 Å². The SMILES string of the molecule is CNC1CCN(S(=O)(=O)c2cc(C)ccc2C)CC1.Cl. The molecular weight excluding hydrogens is 296 g/mol. The molecule has 1 heterocycles. The fourth-order valence-corrected chi connectivity index (χ4v) is 4.29. The molecule has 0 spiro atoms. The van der Waals surface area contributed by atoms with E-state index in [4.69, 9.17) is 0 Å². The molecule has 0 aliphatic carbocycles. The number of piperidine rings is 1. The minimum atomic E-state index is -3.34. The van der Waals surface area contributed by atoms with Gasteiger partial charge in [-0.3, -0.25) is 0 Å². The lowest BCUT2D eigenvalue weighted by Crippen LogP contribution is -2.44. The first-order valence-corrected chi connectivity index (χ1v) is 8.14. The molecule has 0 radical (unpaired) electrons. The van der Waals surface area contributed by atoms with Gasteiger partial charge in [0.25, 0.3) is 0 Å². The minimum absolute atomic E-state index is 0. The molecule has 1 aromatic carbocycles. The maximum atomic E-state index is 12.7. The summed E-state index contributed by atoms with van der Waals surface area (Å²) in [7, 11) is -1.41. The van der Waals surface area contributed by atoms with E-state index in [0.717, 1.165) is 24.0 Å². The molecule has 114 valence electrons. The third-order valence-electron chi connectivity index (χ3n) is 3.82. The molecule has 4 nitrogen and oxygen atoms in total. The molecule has 0 amide bonds. The maximum Gasteiger partial charge on any atom is 0.243 e. The first kappa shape index (κ1) is 17.4. The average molecular weight is 319 g/mol. The van der Waals surface area contributed by atoms with Crippen molar-refractivity contribution in [3.63, 3.8) is 0 Å². The van der Waals surface area contributed by atoms with E-state index in [1.807, 2.05) is 33.0 Å². The van der Waals surface area contributed by atoms with Crippen molar-refractivity contribution < 1.29 is 8.42 Å². The second-order valence-electron chi connectivity index (χ2n) is 5.24. The lowest BCUT2D eigenvalue weighted by molar-refractivity contribution is 0.298. The van der Waals surface area contributed by atoms with Gasteiger partial charge >= 0.3 is 0 Å². The zero-order valence-electron chi connectivity index (χ0n) is 12.2. The van der Waals surface area contributed by atoms with Gasteiger partial charge in [0.05, 0.1) is 4.90 Å². The Balaban J connectivity index is 0.00000200. The first-order chi connectivity index (χ1) is 8.95. The Morgan fingerprint density at radius 3 is 2.35 bits per heavy atom. The van der Waals surface area contributed by atoms with E-state index in [1.165, 1.54) is 0 Å². The third-order valence-corrected chi connectivity index (χ3v) is 5.86. The van der Waals surface area contributed by atoms with Crippen LogP contribution in [0.1, 0.15) is 24.0 Å². The molecule has 1 saturated heterocycles. The second kappa shape index (κ2) is 6.89. The summed E-state index contributed by atoms with van der Waals surface area (Å²) in [4.78, 5) is 0.454. The molecule has 6 heteroatoms. The highest BCUT2D eigenvalue weighted by molar-refractivity contribution is 7.89. The minimum Gasteiger partial charge on any atom is -0.317 e. The Morgan fingerprint density at radius 1 is 1.20 bits per heavy atom. The highest BCUT2D eigenvalue weighted by Gasteiger charge is 2.29. The summed E-state index contributed by atoms with van der Waals surface area (Å²) >= 11 is 0. The number of hydrogen-bond acceptors (Lipinski definition) is 3. The van der Waals surface area contributed by atoms with Crippen molar-refractivity contribution in [3.05, 3.63) is 29.3 Å². The monoisotopic (exact) mass is 318 g/mol. The smallest absolute Gasteiger partial charge is 0.243 e. The van der Waals surface area contributed by atoms with Gasteiger partial charge < -0.3 is 5.32 Å². The van der Waals surface area contributed by atoms with E-state index in [0.29, 0.717) is 24.0 Å². The van der Waals surface area contributed by atoms with Gasteiger partial charge in [0, 0.05) is 19.1 Å². The fourth-order valence-electron chi connectivity index (χ4n) is 2.51. The van der Waals surface area contributed by atoms with Gasteiger partial charge in [-0.1, -0.05) is 12.1 Å². The predicted molar refractivity (Wildman–Crippen MR) is 84.0 cm³/mol. The van der Waals surface area contributed by atoms with Gasteiger partial charge in [-0.05, 0) is 50.9 Å². The molecule has 0 aromatic heterocycles. The number of halogens is 1. The van der Waals surface area contributed by atoms with E-state index in [1.54, 1.807) is 10.4 Å². The van der Waals surface area contributed by atoms with Gasteiger partial charge in [0.15, 0.2) is 0 Å². The van der Waals surface area contributed by atoms with Gasteiger partial charge in [0.1, 0.15) is 0 Å². The van der Waals surface area contributed by atoms with Crippen LogP contribution in [-0.4, -0.2) is 38.9 Å². The highest BCUT2D eigenvalue weighted by atomic mass is 35.5. The molecule has 2 rings (SSSR count). The van der Waals surface area contributed by atoms with Crippen LogP contribution in [-0.2, 0) is 10.0 Å². The summed E-state index contributed by atoms with van der Waals surface area (Å²) in [6.07, 6.45) is 1.75. The van der Waals surface area contributed by atoms with Crippen LogP contribution in [0.2, 0.25) is 0 Å². The zero-order chi connectivity index (χ0) is 14.0. The molecule has 0 saturated carbocycles. The van der Waals surface area contributed by atoms with Crippen molar-refractivity contribution in [1.29, 1.82) is 0 Å². The fraction of sp³-hybridized carbons (Fsp3) is 0.571. The quantitative estimate of drug-likeness (QED) is 0.928. The van der Waals surface area contributed by atoms with Crippen LogP contribution < -0.4 is 5.32 Å². The first-order valence-electron chi connectivity index (χ1n) is 6.70. The summed E-state index contributed by atoms with van der Waals surface area (Å²) in [5, 5.41) is 3.21. The van der Waals surface area contributed by atoms with Gasteiger partial charge in [-0.2, -0.15) is 4.31 Å². The van der Waals surface area contributed by atoms with Crippen molar-refractivity contribution in [2.75, 3.05) is 20.1 Å². The van der Waals surface area contributed by atoms with E-state index < -0.39 is 10.0 Å². The number of aryl methyl sites for hydroxylation is 2. The summed E-state index contributed by atoms with van der Waals surface area (Å²) in [5.74, 6) is 0. The molecule has 0 atom stereocenters. The van der Waals surface area contributed by atoms with Crippen LogP contribution in [0.5, 0.6) is 0 Å². The Hall–Kier alpha value is -0.620. The number of sulfonamides is 1. The number of rotatable bonds is 3. The Bertz CT molecular complexity index is 552. The molecule has 1 aliphatic heterocycles. The number of benzene rings is 1. The van der Waals surface area contributed by atoms with Gasteiger partial charge in [-0.25, -0.2) is 8.42 Å². The van der Waals surface area contributed by atoms with Crippen LogP contribution >= 0.6 is 12.4 Å². The maximum absolute atomic E-state index is 12.7. The normalized spacial score (nSPS) is 17.8. The number of nitrogens with one attached hydrogen (secondary N) is 1. The average Bonchev–Trinajstić information content (AvgIpc) is 2.41. The van der Waals surface area contributed by atoms with E-state index in [-0.39, 0.29) is 12.4 Å². The van der Waals surface area contributed by atoms with Crippen molar-refractivity contribution in [2.45, 2.75) is 37.6 Å². The molecule has 20 heavy (non-hydrogen) atoms. The zero-order valence-corrected chi connectivity index (χ0v) is 13.9. The Kier molecular flexibility index (Phi) is 6.01. The summed E-state index contributed by atoms with van der Waals surface area (Å²) in [5.41, 5.74) is 1.80. The molecular formula is C14H23ClN2O2S. The van der Waals surface area contributed by atoms with Crippen LogP contribution in [0.15, 0.2) is 23.1 Å². The van der Waals surface area contributed by atoms with Crippen molar-refractivity contribution >= 4 is 22.4 Å². The molecule has 1 aromatic rings. The number of nitrogens with zero attached hydrogens (tertiary/aromatic N) is 1. The standard InChI is InChI=1S/C14H22N2O2S.ClH/c1-11-4-5-12(2)14(10-11)19(17,18)16-8-6-13(15-3)7-9-16;/h4-5,10,13,15H,6-9H2,1-3H3;1H. The topological polar surface area (TPSA) is 49.4 Å². The highest BCUT2D eigenvalue weighted by Crippen LogP contribution is 2.24. The molecule has 0 unspecified atom stereocenters.